The fraction of sp³-hybridized carbons (Fsp3) is 0.706. The van der Waals surface area contributed by atoms with E-state index in [4.69, 9.17) is 5.11 Å². The van der Waals surface area contributed by atoms with Crippen LogP contribution in [0, 0.1) is 11.8 Å². The molecule has 4 rings (SSSR count). The summed E-state index contributed by atoms with van der Waals surface area (Å²) in [6.07, 6.45) is 6.37. The Labute approximate surface area is 142 Å². The zero-order chi connectivity index (χ0) is 17.1. The summed E-state index contributed by atoms with van der Waals surface area (Å²) in [4.78, 5) is 16.8. The Morgan fingerprint density at radius 3 is 3.08 bits per heavy atom. The Morgan fingerprint density at radius 2 is 2.42 bits per heavy atom. The number of fused-ring (bicyclic) bond motifs is 3. The summed E-state index contributed by atoms with van der Waals surface area (Å²) in [6, 6.07) is 0.418. The number of aromatic nitrogens is 3. The molecule has 0 radical (unpaired) electrons. The van der Waals surface area contributed by atoms with Crippen molar-refractivity contribution < 1.29 is 9.90 Å². The molecule has 1 unspecified atom stereocenters. The molecule has 132 valence electrons. The van der Waals surface area contributed by atoms with Crippen molar-refractivity contribution in [3.63, 3.8) is 0 Å². The highest BCUT2D eigenvalue weighted by atomic mass is 16.3. The number of aliphatic hydroxyl groups excluding tert-OH is 1. The molecule has 1 N–H and O–H groups in total. The molecule has 1 amide bonds. The largest absolute Gasteiger partial charge is 0.396 e. The zero-order valence-corrected chi connectivity index (χ0v) is 14.3. The monoisotopic (exact) mass is 333 g/mol. The van der Waals surface area contributed by atoms with Gasteiger partial charge in [0.1, 0.15) is 0 Å². The van der Waals surface area contributed by atoms with Crippen molar-refractivity contribution >= 4 is 5.91 Å². The summed E-state index contributed by atoms with van der Waals surface area (Å²) < 4.78 is 1.87. The Bertz CT molecular complexity index is 587. The minimum atomic E-state index is 0.0956. The molecule has 3 fully saturated rings. The molecule has 4 heterocycles. The lowest BCUT2D eigenvalue weighted by Gasteiger charge is -2.49. The zero-order valence-electron chi connectivity index (χ0n) is 14.3. The molecular formula is C17H27N5O2. The van der Waals surface area contributed by atoms with Gasteiger partial charge in [0.2, 0.25) is 5.91 Å². The average molecular weight is 333 g/mol. The van der Waals surface area contributed by atoms with E-state index in [1.807, 2.05) is 17.9 Å². The van der Waals surface area contributed by atoms with Crippen LogP contribution in [-0.4, -0.2) is 75.1 Å². The number of aliphatic hydroxyl groups is 1. The lowest BCUT2D eigenvalue weighted by molar-refractivity contribution is -0.142. The Balaban J connectivity index is 1.60. The van der Waals surface area contributed by atoms with Crippen molar-refractivity contribution in [3.05, 3.63) is 24.5 Å². The molecule has 2 bridgehead atoms. The number of piperidine rings is 3. The van der Waals surface area contributed by atoms with Gasteiger partial charge in [0.25, 0.3) is 0 Å². The third-order valence-corrected chi connectivity index (χ3v) is 5.33. The van der Waals surface area contributed by atoms with Gasteiger partial charge >= 0.3 is 0 Å². The molecule has 3 saturated heterocycles. The van der Waals surface area contributed by atoms with Crippen molar-refractivity contribution in [1.82, 2.24) is 24.8 Å². The molecule has 0 aromatic carbocycles. The molecule has 7 heteroatoms. The topological polar surface area (TPSA) is 74.5 Å². The van der Waals surface area contributed by atoms with Crippen LogP contribution in [0.3, 0.4) is 0 Å². The summed E-state index contributed by atoms with van der Waals surface area (Å²) in [5.41, 5.74) is 0.826. The van der Waals surface area contributed by atoms with Crippen LogP contribution in [0.25, 0.3) is 0 Å². The highest BCUT2D eigenvalue weighted by Crippen LogP contribution is 2.37. The third kappa shape index (κ3) is 3.52. The summed E-state index contributed by atoms with van der Waals surface area (Å²) >= 11 is 0. The standard InChI is InChI=1S/C17H27N5O2/c1-3-6-20(2)17(24)16-12-21-7-4-13(16)9-15(21)11-22-10-14(5-8-23)18-19-22/h3,10,13,15-16,23H,1,4-9,11-12H2,2H3/t13-,15+,16-/m0/s1. The number of hydrogen-bond acceptors (Lipinski definition) is 5. The lowest BCUT2D eigenvalue weighted by atomic mass is 9.75. The SMILES string of the molecule is C=CCN(C)C(=O)[C@H]1CN2CC[C@H]1C[C@@H]2Cn1cc(CCO)nn1. The highest BCUT2D eigenvalue weighted by molar-refractivity contribution is 5.79. The predicted octanol–water partition coefficient (Wildman–Crippen LogP) is 0.168. The molecule has 4 atom stereocenters. The number of nitrogens with zero attached hydrogens (tertiary/aromatic N) is 5. The molecule has 3 aliphatic heterocycles. The first-order valence-electron chi connectivity index (χ1n) is 8.72. The van der Waals surface area contributed by atoms with Crippen LogP contribution in [0.1, 0.15) is 18.5 Å². The molecule has 0 aliphatic carbocycles. The van der Waals surface area contributed by atoms with Crippen LogP contribution < -0.4 is 0 Å². The Morgan fingerprint density at radius 1 is 1.58 bits per heavy atom. The van der Waals surface area contributed by atoms with Crippen LogP contribution in [0.15, 0.2) is 18.9 Å². The van der Waals surface area contributed by atoms with Crippen LogP contribution in [0.5, 0.6) is 0 Å². The number of hydrogen-bond donors (Lipinski definition) is 1. The Hall–Kier alpha value is -1.73. The van der Waals surface area contributed by atoms with E-state index in [0.717, 1.165) is 38.2 Å². The maximum absolute atomic E-state index is 12.6. The molecule has 0 saturated carbocycles. The van der Waals surface area contributed by atoms with Crippen LogP contribution in [0.4, 0.5) is 0 Å². The average Bonchev–Trinajstić information content (AvgIpc) is 3.02. The second kappa shape index (κ2) is 7.44. The predicted molar refractivity (Wildman–Crippen MR) is 90.2 cm³/mol. The first-order chi connectivity index (χ1) is 11.6. The molecule has 1 aromatic rings. The van der Waals surface area contributed by atoms with Crippen molar-refractivity contribution in [2.24, 2.45) is 11.8 Å². The molecule has 7 nitrogen and oxygen atoms in total. The quantitative estimate of drug-likeness (QED) is 0.720. The van der Waals surface area contributed by atoms with E-state index >= 15 is 0 Å². The van der Waals surface area contributed by atoms with E-state index in [9.17, 15) is 4.79 Å². The van der Waals surface area contributed by atoms with E-state index < -0.39 is 0 Å². The van der Waals surface area contributed by atoms with Crippen LogP contribution in [0.2, 0.25) is 0 Å². The van der Waals surface area contributed by atoms with Crippen LogP contribution in [-0.2, 0) is 17.8 Å². The van der Waals surface area contributed by atoms with E-state index in [-0.39, 0.29) is 18.4 Å². The summed E-state index contributed by atoms with van der Waals surface area (Å²) in [6.45, 7) is 7.12. The van der Waals surface area contributed by atoms with Gasteiger partial charge in [-0.05, 0) is 25.3 Å². The maximum atomic E-state index is 12.6. The second-order valence-corrected chi connectivity index (χ2v) is 6.95. The summed E-state index contributed by atoms with van der Waals surface area (Å²) in [7, 11) is 1.86. The lowest BCUT2D eigenvalue weighted by Crippen LogP contribution is -2.58. The molecular weight excluding hydrogens is 306 g/mol. The van der Waals surface area contributed by atoms with Crippen molar-refractivity contribution in [2.75, 3.05) is 33.3 Å². The number of rotatable bonds is 7. The van der Waals surface area contributed by atoms with Crippen LogP contribution >= 0.6 is 0 Å². The Kier molecular flexibility index (Phi) is 5.30. The van der Waals surface area contributed by atoms with Gasteiger partial charge in [0.15, 0.2) is 0 Å². The van der Waals surface area contributed by atoms with Gasteiger partial charge in [-0.15, -0.1) is 11.7 Å². The number of carbonyl (C=O) groups excluding carboxylic acids is 1. The van der Waals surface area contributed by atoms with Crippen molar-refractivity contribution in [2.45, 2.75) is 31.8 Å². The van der Waals surface area contributed by atoms with E-state index in [1.54, 1.807) is 11.0 Å². The van der Waals surface area contributed by atoms with Gasteiger partial charge in [-0.2, -0.15) is 0 Å². The third-order valence-electron chi connectivity index (χ3n) is 5.33. The smallest absolute Gasteiger partial charge is 0.227 e. The van der Waals surface area contributed by atoms with Gasteiger partial charge < -0.3 is 10.0 Å². The second-order valence-electron chi connectivity index (χ2n) is 6.95. The summed E-state index contributed by atoms with van der Waals surface area (Å²) in [5, 5.41) is 17.2. The van der Waals surface area contributed by atoms with Crippen molar-refractivity contribution in [1.29, 1.82) is 0 Å². The number of carbonyl (C=O) groups is 1. The fourth-order valence-corrected chi connectivity index (χ4v) is 4.05. The van der Waals surface area contributed by atoms with Gasteiger partial charge in [-0.3, -0.25) is 14.4 Å². The van der Waals surface area contributed by atoms with Gasteiger partial charge in [-0.1, -0.05) is 11.3 Å². The van der Waals surface area contributed by atoms with E-state index in [2.05, 4.69) is 21.8 Å². The number of likely N-dealkylation sites (N-methyl/N-ethyl adjacent to an activating group) is 1. The molecule has 1 aromatic heterocycles. The van der Waals surface area contributed by atoms with Crippen molar-refractivity contribution in [3.8, 4) is 0 Å². The minimum Gasteiger partial charge on any atom is -0.396 e. The summed E-state index contributed by atoms with van der Waals surface area (Å²) in [5.74, 6) is 0.815. The first-order valence-corrected chi connectivity index (χ1v) is 8.72. The maximum Gasteiger partial charge on any atom is 0.227 e. The normalized spacial score (nSPS) is 28.8. The molecule has 24 heavy (non-hydrogen) atoms. The van der Waals surface area contributed by atoms with Gasteiger partial charge in [-0.25, -0.2) is 0 Å². The fourth-order valence-electron chi connectivity index (χ4n) is 4.05. The van der Waals surface area contributed by atoms with Gasteiger partial charge in [0.05, 0.1) is 18.2 Å². The molecule has 0 spiro atoms. The molecule has 3 aliphatic rings. The minimum absolute atomic E-state index is 0.0956. The van der Waals surface area contributed by atoms with E-state index in [0.29, 0.717) is 24.9 Å². The van der Waals surface area contributed by atoms with Gasteiger partial charge in [0, 0.05) is 45.4 Å². The number of amides is 1. The van der Waals surface area contributed by atoms with E-state index in [1.165, 1.54) is 0 Å². The first kappa shape index (κ1) is 17.1. The highest BCUT2D eigenvalue weighted by Gasteiger charge is 2.43.